The molecule has 1 aromatic heterocycles. The number of aromatic nitrogens is 1. The highest BCUT2D eigenvalue weighted by atomic mass is 32.1. The molecule has 0 saturated heterocycles. The number of benzene rings is 1. The number of thiazole rings is 1. The Morgan fingerprint density at radius 3 is 2.79 bits per heavy atom. The Balaban J connectivity index is 1.54. The van der Waals surface area contributed by atoms with Crippen LogP contribution in [-0.4, -0.2) is 41.7 Å². The Morgan fingerprint density at radius 2 is 2.00 bits per heavy atom. The van der Waals surface area contributed by atoms with Gasteiger partial charge in [0.1, 0.15) is 6.04 Å². The van der Waals surface area contributed by atoms with Crippen molar-refractivity contribution in [2.45, 2.75) is 25.3 Å². The number of likely N-dealkylation sites (N-methyl/N-ethyl adjacent to an activating group) is 1. The molecule has 0 radical (unpaired) electrons. The van der Waals surface area contributed by atoms with Crippen LogP contribution in [0.25, 0.3) is 0 Å². The number of hydrogen-bond acceptors (Lipinski definition) is 6. The van der Waals surface area contributed by atoms with Gasteiger partial charge in [-0.25, -0.2) is 4.98 Å². The van der Waals surface area contributed by atoms with Gasteiger partial charge in [0.2, 0.25) is 17.7 Å². The first kappa shape index (κ1) is 19.5. The van der Waals surface area contributed by atoms with Crippen LogP contribution in [0.5, 0.6) is 0 Å². The molecule has 1 atom stereocenters. The fourth-order valence-corrected chi connectivity index (χ4v) is 3.40. The van der Waals surface area contributed by atoms with Crippen molar-refractivity contribution in [3.05, 3.63) is 40.9 Å². The quantitative estimate of drug-likeness (QED) is 0.572. The van der Waals surface area contributed by atoms with Gasteiger partial charge in [-0.15, -0.1) is 11.3 Å². The van der Waals surface area contributed by atoms with Gasteiger partial charge in [0.05, 0.1) is 23.4 Å². The van der Waals surface area contributed by atoms with Gasteiger partial charge in [-0.3, -0.25) is 19.2 Å². The molecule has 0 saturated carbocycles. The number of para-hydroxylation sites is 1. The molecule has 4 N–H and O–H groups in total. The van der Waals surface area contributed by atoms with Gasteiger partial charge >= 0.3 is 0 Å². The summed E-state index contributed by atoms with van der Waals surface area (Å²) in [4.78, 5) is 52.3. The Bertz CT molecular complexity index is 926. The summed E-state index contributed by atoms with van der Waals surface area (Å²) >= 11 is 1.22. The second-order valence-corrected chi connectivity index (χ2v) is 7.00. The van der Waals surface area contributed by atoms with Crippen LogP contribution in [-0.2, 0) is 20.8 Å². The predicted octanol–water partition coefficient (Wildman–Crippen LogP) is 0.901. The number of carbonyl (C=O) groups excluding carboxylic acids is 4. The van der Waals surface area contributed by atoms with E-state index in [0.29, 0.717) is 22.1 Å². The van der Waals surface area contributed by atoms with Crippen molar-refractivity contribution >= 4 is 45.8 Å². The van der Waals surface area contributed by atoms with E-state index in [2.05, 4.69) is 26.3 Å². The molecule has 1 aliphatic rings. The topological polar surface area (TPSA) is 129 Å². The molecule has 0 fully saturated rings. The highest BCUT2D eigenvalue weighted by Gasteiger charge is 2.27. The molecule has 1 aromatic carbocycles. The number of nitrogens with zero attached hydrogens (tertiary/aromatic N) is 1. The Labute approximate surface area is 164 Å². The fraction of sp³-hybridized carbons (Fsp3) is 0.278. The van der Waals surface area contributed by atoms with Crippen LogP contribution < -0.4 is 21.3 Å². The van der Waals surface area contributed by atoms with Crippen LogP contribution in [0, 0.1) is 0 Å². The van der Waals surface area contributed by atoms with Crippen LogP contribution in [0.2, 0.25) is 0 Å². The lowest BCUT2D eigenvalue weighted by atomic mass is 10.1. The Kier molecular flexibility index (Phi) is 5.99. The van der Waals surface area contributed by atoms with Gasteiger partial charge in [0, 0.05) is 18.8 Å². The SMILES string of the molecule is CNC(=O)Cc1csc(NC(=O)CC[C@@H]2NC(=O)c3ccccc3NC2=O)n1. The van der Waals surface area contributed by atoms with Crippen LogP contribution in [0.15, 0.2) is 29.6 Å². The van der Waals surface area contributed by atoms with Crippen molar-refractivity contribution < 1.29 is 19.2 Å². The average Bonchev–Trinajstić information content (AvgIpc) is 3.06. The van der Waals surface area contributed by atoms with Crippen molar-refractivity contribution in [1.29, 1.82) is 0 Å². The number of anilines is 2. The molecule has 2 heterocycles. The first-order valence-corrected chi connectivity index (χ1v) is 9.50. The smallest absolute Gasteiger partial charge is 0.254 e. The average molecular weight is 401 g/mol. The number of carbonyl (C=O) groups is 4. The summed E-state index contributed by atoms with van der Waals surface area (Å²) in [6.45, 7) is 0. The lowest BCUT2D eigenvalue weighted by Gasteiger charge is -2.13. The highest BCUT2D eigenvalue weighted by Crippen LogP contribution is 2.20. The second kappa shape index (κ2) is 8.61. The van der Waals surface area contributed by atoms with E-state index in [1.165, 1.54) is 11.3 Å². The van der Waals surface area contributed by atoms with E-state index in [9.17, 15) is 19.2 Å². The molecule has 3 rings (SSSR count). The van der Waals surface area contributed by atoms with Crippen molar-refractivity contribution in [1.82, 2.24) is 15.6 Å². The largest absolute Gasteiger partial charge is 0.359 e. The lowest BCUT2D eigenvalue weighted by molar-refractivity contribution is -0.120. The zero-order chi connectivity index (χ0) is 20.1. The minimum atomic E-state index is -0.814. The third-order valence-electron chi connectivity index (χ3n) is 4.13. The third-order valence-corrected chi connectivity index (χ3v) is 4.94. The van der Waals surface area contributed by atoms with E-state index < -0.39 is 6.04 Å². The minimum absolute atomic E-state index is 0.0269. The van der Waals surface area contributed by atoms with Crippen LogP contribution in [0.3, 0.4) is 0 Å². The van der Waals surface area contributed by atoms with Crippen molar-refractivity contribution in [2.75, 3.05) is 17.7 Å². The van der Waals surface area contributed by atoms with Gasteiger partial charge in [-0.1, -0.05) is 12.1 Å². The van der Waals surface area contributed by atoms with E-state index in [-0.39, 0.29) is 42.9 Å². The van der Waals surface area contributed by atoms with E-state index in [0.717, 1.165) is 0 Å². The highest BCUT2D eigenvalue weighted by molar-refractivity contribution is 7.13. The summed E-state index contributed by atoms with van der Waals surface area (Å²) in [5, 5.41) is 12.6. The van der Waals surface area contributed by atoms with Crippen LogP contribution >= 0.6 is 11.3 Å². The molecule has 0 unspecified atom stereocenters. The number of nitrogens with one attached hydrogen (secondary N) is 4. The maximum absolute atomic E-state index is 12.3. The normalized spacial score (nSPS) is 15.7. The number of hydrogen-bond donors (Lipinski definition) is 4. The lowest BCUT2D eigenvalue weighted by Crippen LogP contribution is -2.41. The molecule has 1 aliphatic heterocycles. The zero-order valence-corrected chi connectivity index (χ0v) is 15.9. The Hall–Kier alpha value is -3.27. The molecular formula is C18H19N5O4S. The van der Waals surface area contributed by atoms with Crippen molar-refractivity contribution in [3.63, 3.8) is 0 Å². The summed E-state index contributed by atoms with van der Waals surface area (Å²) in [5.41, 5.74) is 1.39. The standard InChI is InChI=1S/C18H19N5O4S/c1-19-15(25)8-10-9-28-18(20-10)23-14(24)7-6-13-17(27)21-12-5-3-2-4-11(12)16(26)22-13/h2-5,9,13H,6-8H2,1H3,(H,19,25)(H,21,27)(H,22,26)(H,20,23,24)/t13-/m0/s1. The Morgan fingerprint density at radius 1 is 1.21 bits per heavy atom. The number of amides is 4. The first-order valence-electron chi connectivity index (χ1n) is 8.62. The first-order chi connectivity index (χ1) is 13.5. The third kappa shape index (κ3) is 4.71. The minimum Gasteiger partial charge on any atom is -0.359 e. The van der Waals surface area contributed by atoms with Gasteiger partial charge in [-0.05, 0) is 18.6 Å². The maximum Gasteiger partial charge on any atom is 0.254 e. The maximum atomic E-state index is 12.3. The number of rotatable bonds is 6. The molecule has 0 spiro atoms. The van der Waals surface area contributed by atoms with Crippen LogP contribution in [0.4, 0.5) is 10.8 Å². The predicted molar refractivity (Wildman–Crippen MR) is 104 cm³/mol. The summed E-state index contributed by atoms with van der Waals surface area (Å²) in [6.07, 6.45) is 0.310. The molecule has 0 bridgehead atoms. The summed E-state index contributed by atoms with van der Waals surface area (Å²) < 4.78 is 0. The van der Waals surface area contributed by atoms with Gasteiger partial charge in [-0.2, -0.15) is 0 Å². The molecule has 0 aliphatic carbocycles. The molecule has 10 heteroatoms. The summed E-state index contributed by atoms with van der Waals surface area (Å²) in [7, 11) is 1.54. The van der Waals surface area contributed by atoms with Gasteiger partial charge in [0.15, 0.2) is 5.13 Å². The van der Waals surface area contributed by atoms with Gasteiger partial charge < -0.3 is 21.3 Å². The molecule has 146 valence electrons. The van der Waals surface area contributed by atoms with E-state index in [1.807, 2.05) is 0 Å². The van der Waals surface area contributed by atoms with Crippen molar-refractivity contribution in [2.24, 2.45) is 0 Å². The van der Waals surface area contributed by atoms with E-state index in [1.54, 1.807) is 36.7 Å². The zero-order valence-electron chi connectivity index (χ0n) is 15.1. The van der Waals surface area contributed by atoms with Crippen LogP contribution in [0.1, 0.15) is 28.9 Å². The molecule has 4 amide bonds. The second-order valence-electron chi connectivity index (χ2n) is 6.14. The molecule has 28 heavy (non-hydrogen) atoms. The summed E-state index contributed by atoms with van der Waals surface area (Å²) in [6, 6.07) is 5.91. The fourth-order valence-electron chi connectivity index (χ4n) is 2.67. The monoisotopic (exact) mass is 401 g/mol. The van der Waals surface area contributed by atoms with E-state index in [4.69, 9.17) is 0 Å². The molecule has 9 nitrogen and oxygen atoms in total. The molecular weight excluding hydrogens is 382 g/mol. The van der Waals surface area contributed by atoms with Gasteiger partial charge in [0.25, 0.3) is 5.91 Å². The molecule has 2 aromatic rings. The summed E-state index contributed by atoms with van der Waals surface area (Å²) in [5.74, 6) is -1.23. The van der Waals surface area contributed by atoms with E-state index >= 15 is 0 Å². The number of fused-ring (bicyclic) bond motifs is 1. The van der Waals surface area contributed by atoms with Crippen molar-refractivity contribution in [3.8, 4) is 0 Å².